The van der Waals surface area contributed by atoms with Crippen LogP contribution < -0.4 is 5.32 Å². The molecule has 0 saturated carbocycles. The number of benzene rings is 1. The summed E-state index contributed by atoms with van der Waals surface area (Å²) in [5.41, 5.74) is 2.75. The Hall–Kier alpha value is -2.01. The molecule has 5 heteroatoms. The number of hydrogen-bond acceptors (Lipinski definition) is 3. The van der Waals surface area contributed by atoms with Crippen LogP contribution in [-0.2, 0) is 0 Å². The molecule has 0 atom stereocenters. The number of halogens is 1. The number of nitrogens with zero attached hydrogens (tertiary/aromatic N) is 2. The van der Waals surface area contributed by atoms with E-state index in [0.29, 0.717) is 0 Å². The van der Waals surface area contributed by atoms with Gasteiger partial charge in [0.25, 0.3) is 0 Å². The maximum atomic E-state index is 10.1. The number of hydrogen-bond donors (Lipinski definition) is 2. The number of aromatic nitrogens is 2. The Morgan fingerprint density at radius 3 is 2.86 bits per heavy atom. The van der Waals surface area contributed by atoms with E-state index >= 15 is 0 Å². The lowest BCUT2D eigenvalue weighted by molar-refractivity contribution is 0.477. The summed E-state index contributed by atoms with van der Waals surface area (Å²) in [6.45, 7) is 3.06. The van der Waals surface area contributed by atoms with Gasteiger partial charge in [-0.1, -0.05) is 31.5 Å². The molecule has 22 heavy (non-hydrogen) atoms. The molecule has 0 aliphatic heterocycles. The van der Waals surface area contributed by atoms with E-state index in [-0.39, 0.29) is 5.75 Å². The van der Waals surface area contributed by atoms with Crippen LogP contribution in [0.1, 0.15) is 19.8 Å². The normalized spacial score (nSPS) is 11.0. The first-order valence-corrected chi connectivity index (χ1v) is 8.19. The van der Waals surface area contributed by atoms with Gasteiger partial charge in [-0.3, -0.25) is 0 Å². The van der Waals surface area contributed by atoms with Gasteiger partial charge in [-0.2, -0.15) is 5.10 Å². The largest absolute Gasteiger partial charge is 0.507 e. The molecule has 3 aromatic rings. The number of anilines is 1. The number of aromatic hydroxyl groups is 1. The van der Waals surface area contributed by atoms with Gasteiger partial charge in [0.05, 0.1) is 16.2 Å². The molecule has 1 aromatic carbocycles. The quantitative estimate of drug-likeness (QED) is 0.650. The lowest BCUT2D eigenvalue weighted by atomic mass is 10.1. The van der Waals surface area contributed by atoms with Crippen LogP contribution in [0.2, 0.25) is 0 Å². The molecular weight excluding hydrogens is 342 g/mol. The average Bonchev–Trinajstić information content (AvgIpc) is 2.90. The summed E-state index contributed by atoms with van der Waals surface area (Å²) < 4.78 is 2.81. The van der Waals surface area contributed by atoms with Crippen LogP contribution in [0, 0.1) is 0 Å². The molecule has 2 N–H and O–H groups in total. The highest BCUT2D eigenvalue weighted by molar-refractivity contribution is 9.10. The first-order valence-electron chi connectivity index (χ1n) is 7.40. The molecule has 0 amide bonds. The summed E-state index contributed by atoms with van der Waals surface area (Å²) in [7, 11) is 0. The van der Waals surface area contributed by atoms with Crippen molar-refractivity contribution in [2.24, 2.45) is 0 Å². The monoisotopic (exact) mass is 359 g/mol. The zero-order valence-corrected chi connectivity index (χ0v) is 14.0. The van der Waals surface area contributed by atoms with Crippen LogP contribution in [0.25, 0.3) is 16.6 Å². The highest BCUT2D eigenvalue weighted by Gasteiger charge is 2.11. The van der Waals surface area contributed by atoms with Gasteiger partial charge >= 0.3 is 0 Å². The van der Waals surface area contributed by atoms with Crippen molar-refractivity contribution < 1.29 is 5.11 Å². The van der Waals surface area contributed by atoms with Gasteiger partial charge in [0, 0.05) is 12.1 Å². The first-order chi connectivity index (χ1) is 10.7. The van der Waals surface area contributed by atoms with Crippen molar-refractivity contribution in [3.05, 3.63) is 47.1 Å². The summed E-state index contributed by atoms with van der Waals surface area (Å²) in [5, 5.41) is 17.9. The second-order valence-electron chi connectivity index (χ2n) is 5.22. The molecule has 2 aromatic heterocycles. The average molecular weight is 360 g/mol. The third-order valence-corrected chi connectivity index (χ3v) is 4.23. The van der Waals surface area contributed by atoms with Crippen molar-refractivity contribution in [2.45, 2.75) is 19.8 Å². The fraction of sp³-hybridized carbons (Fsp3) is 0.235. The summed E-state index contributed by atoms with van der Waals surface area (Å²) in [6.07, 6.45) is 4.03. The number of phenolic OH excluding ortho intramolecular Hbond substituents is 1. The minimum Gasteiger partial charge on any atom is -0.507 e. The van der Waals surface area contributed by atoms with E-state index in [4.69, 9.17) is 0 Å². The number of rotatable bonds is 5. The first kappa shape index (κ1) is 14.9. The highest BCUT2D eigenvalue weighted by Crippen LogP contribution is 2.33. The fourth-order valence-electron chi connectivity index (χ4n) is 2.45. The molecule has 114 valence electrons. The van der Waals surface area contributed by atoms with Crippen LogP contribution in [0.15, 0.2) is 47.1 Å². The number of fused-ring (bicyclic) bond motifs is 1. The molecule has 0 saturated heterocycles. The van der Waals surface area contributed by atoms with Gasteiger partial charge in [0.15, 0.2) is 0 Å². The van der Waals surface area contributed by atoms with E-state index < -0.39 is 0 Å². The van der Waals surface area contributed by atoms with E-state index in [2.05, 4.69) is 33.3 Å². The molecule has 0 fully saturated rings. The van der Waals surface area contributed by atoms with Crippen molar-refractivity contribution in [1.29, 1.82) is 0 Å². The molecule has 0 aliphatic carbocycles. The Morgan fingerprint density at radius 2 is 2.09 bits per heavy atom. The Morgan fingerprint density at radius 1 is 1.27 bits per heavy atom. The fourth-order valence-corrected chi connectivity index (χ4v) is 2.82. The molecule has 3 rings (SSSR count). The van der Waals surface area contributed by atoms with Crippen LogP contribution in [0.3, 0.4) is 0 Å². The summed E-state index contributed by atoms with van der Waals surface area (Å²) in [4.78, 5) is 0. The van der Waals surface area contributed by atoms with E-state index in [1.807, 2.05) is 34.8 Å². The Labute approximate surface area is 137 Å². The molecule has 2 heterocycles. The number of pyridine rings is 1. The Bertz CT molecular complexity index is 798. The number of para-hydroxylation sites is 1. The minimum atomic E-state index is 0.280. The van der Waals surface area contributed by atoms with Gasteiger partial charge in [0.2, 0.25) is 0 Å². The van der Waals surface area contributed by atoms with Gasteiger partial charge in [-0.05, 0) is 46.1 Å². The zero-order valence-electron chi connectivity index (χ0n) is 12.4. The maximum absolute atomic E-state index is 10.1. The lowest BCUT2D eigenvalue weighted by Gasteiger charge is -2.12. The summed E-state index contributed by atoms with van der Waals surface area (Å²) in [6, 6.07) is 11.4. The summed E-state index contributed by atoms with van der Waals surface area (Å²) >= 11 is 3.53. The van der Waals surface area contributed by atoms with Crippen molar-refractivity contribution in [1.82, 2.24) is 9.61 Å². The van der Waals surface area contributed by atoms with Crippen LogP contribution in [-0.4, -0.2) is 21.3 Å². The van der Waals surface area contributed by atoms with E-state index in [1.165, 1.54) is 0 Å². The molecule has 0 spiro atoms. The number of unbranched alkanes of at least 4 members (excludes halogenated alkanes) is 1. The third-order valence-electron chi connectivity index (χ3n) is 3.62. The smallest absolute Gasteiger partial charge is 0.128 e. The van der Waals surface area contributed by atoms with Crippen LogP contribution in [0.4, 0.5) is 5.82 Å². The minimum absolute atomic E-state index is 0.280. The Balaban J connectivity index is 2.11. The Kier molecular flexibility index (Phi) is 4.34. The maximum Gasteiger partial charge on any atom is 0.128 e. The molecule has 0 unspecified atom stereocenters. The predicted octanol–water partition coefficient (Wildman–Crippen LogP) is 4.68. The second-order valence-corrected chi connectivity index (χ2v) is 6.07. The standard InChI is InChI=1S/C17H18BrN3O/c1-2-3-8-19-17-10-12(13-6-4-5-7-16(13)22)9-15-14(18)11-20-21(15)17/h4-7,9-11,19,22H,2-3,8H2,1H3. The van der Waals surface area contributed by atoms with Crippen molar-refractivity contribution in [3.8, 4) is 16.9 Å². The molecule has 0 bridgehead atoms. The highest BCUT2D eigenvalue weighted by atomic mass is 79.9. The lowest BCUT2D eigenvalue weighted by Crippen LogP contribution is -2.06. The SMILES string of the molecule is CCCCNc1cc(-c2ccccc2O)cc2c(Br)cnn12. The van der Waals surface area contributed by atoms with Crippen molar-refractivity contribution >= 4 is 27.3 Å². The van der Waals surface area contributed by atoms with Gasteiger partial charge in [0.1, 0.15) is 11.6 Å². The third kappa shape index (κ3) is 2.81. The molecular formula is C17H18BrN3O. The van der Waals surface area contributed by atoms with Gasteiger partial charge in [-0.25, -0.2) is 4.52 Å². The van der Waals surface area contributed by atoms with Crippen molar-refractivity contribution in [2.75, 3.05) is 11.9 Å². The molecule has 0 radical (unpaired) electrons. The van der Waals surface area contributed by atoms with Gasteiger partial charge < -0.3 is 10.4 Å². The van der Waals surface area contributed by atoms with Crippen molar-refractivity contribution in [3.63, 3.8) is 0 Å². The number of nitrogens with one attached hydrogen (secondary N) is 1. The number of phenols is 1. The van der Waals surface area contributed by atoms with Gasteiger partial charge in [-0.15, -0.1) is 0 Å². The second kappa shape index (κ2) is 6.40. The van der Waals surface area contributed by atoms with E-state index in [9.17, 15) is 5.11 Å². The van der Waals surface area contributed by atoms with E-state index in [1.54, 1.807) is 12.3 Å². The van der Waals surface area contributed by atoms with E-state index in [0.717, 1.165) is 46.3 Å². The van der Waals surface area contributed by atoms with Crippen LogP contribution in [0.5, 0.6) is 5.75 Å². The topological polar surface area (TPSA) is 49.6 Å². The molecule has 0 aliphatic rings. The van der Waals surface area contributed by atoms with Crippen LogP contribution >= 0.6 is 15.9 Å². The summed E-state index contributed by atoms with van der Waals surface area (Å²) in [5.74, 6) is 1.21. The zero-order chi connectivity index (χ0) is 15.5. The predicted molar refractivity (Wildman–Crippen MR) is 93.4 cm³/mol. The molecule has 4 nitrogen and oxygen atoms in total.